The van der Waals surface area contributed by atoms with Crippen molar-refractivity contribution in [2.45, 2.75) is 38.8 Å². The molecule has 1 amide bonds. The van der Waals surface area contributed by atoms with Crippen LogP contribution in [0.1, 0.15) is 46.8 Å². The third-order valence-electron chi connectivity index (χ3n) is 6.45. The third kappa shape index (κ3) is 7.16. The minimum atomic E-state index is -1.06. The number of carbonyl (C=O) groups is 1. The van der Waals surface area contributed by atoms with Crippen molar-refractivity contribution in [1.29, 1.82) is 0 Å². The van der Waals surface area contributed by atoms with Crippen molar-refractivity contribution < 1.29 is 18.0 Å². The fourth-order valence-corrected chi connectivity index (χ4v) is 5.81. The number of nitrogens with one attached hydrogen (secondary N) is 3. The zero-order valence-electron chi connectivity index (χ0n) is 21.5. The molecule has 0 bridgehead atoms. The van der Waals surface area contributed by atoms with Gasteiger partial charge in [-0.15, -0.1) is 0 Å². The summed E-state index contributed by atoms with van der Waals surface area (Å²) in [4.78, 5) is 13.5. The molecule has 1 aliphatic rings. The summed E-state index contributed by atoms with van der Waals surface area (Å²) in [7, 11) is 0.614. The van der Waals surface area contributed by atoms with Crippen molar-refractivity contribution in [3.8, 4) is 5.75 Å². The summed E-state index contributed by atoms with van der Waals surface area (Å²) in [5, 5.41) is 6.78. The Hall–Kier alpha value is -3.26. The van der Waals surface area contributed by atoms with Gasteiger partial charge in [-0.25, -0.2) is 0 Å². The quantitative estimate of drug-likeness (QED) is 0.301. The molecule has 3 aromatic carbocycles. The van der Waals surface area contributed by atoms with Gasteiger partial charge < -0.3 is 15.4 Å². The zero-order valence-corrected chi connectivity index (χ0v) is 22.4. The van der Waals surface area contributed by atoms with Gasteiger partial charge in [-0.05, 0) is 55.1 Å². The van der Waals surface area contributed by atoms with E-state index in [9.17, 15) is 9.00 Å². The lowest BCUT2D eigenvalue weighted by atomic mass is 10.0. The Bertz CT molecular complexity index is 1250. The number of methoxy groups -OCH3 is 1. The molecule has 3 atom stereocenters. The van der Waals surface area contributed by atoms with Gasteiger partial charge in [-0.3, -0.25) is 4.79 Å². The first-order valence-electron chi connectivity index (χ1n) is 12.8. The van der Waals surface area contributed by atoms with Crippen LogP contribution in [0.25, 0.3) is 6.08 Å². The molecule has 0 radical (unpaired) electrons. The van der Waals surface area contributed by atoms with Gasteiger partial charge in [0, 0.05) is 24.7 Å². The molecule has 3 N–H and O–H groups in total. The Morgan fingerprint density at radius 1 is 1.03 bits per heavy atom. The molecule has 37 heavy (non-hydrogen) atoms. The second kappa shape index (κ2) is 13.3. The SMILES string of the molecule is CCCS(=O)[NH+]1C=Cc2c(C(=O)N[C@H](CCNCc3cccc(OC)c3)Cc3ccccc3)cccc21. The van der Waals surface area contributed by atoms with E-state index in [4.69, 9.17) is 4.74 Å². The van der Waals surface area contributed by atoms with Gasteiger partial charge in [-0.2, -0.15) is 8.51 Å². The molecule has 1 heterocycles. The van der Waals surface area contributed by atoms with E-state index in [1.54, 1.807) is 7.11 Å². The Morgan fingerprint density at radius 3 is 2.59 bits per heavy atom. The first-order valence-corrected chi connectivity index (χ1v) is 14.2. The van der Waals surface area contributed by atoms with Gasteiger partial charge >= 0.3 is 0 Å². The van der Waals surface area contributed by atoms with Crippen molar-refractivity contribution in [3.05, 3.63) is 101 Å². The standard InChI is InChI=1S/C30H35N3O3S/c1-3-19-37(35)33-18-16-27-28(13-8-14-29(27)33)30(34)32-25(20-23-9-5-4-6-10-23)15-17-31-22-24-11-7-12-26(21-24)36-2/h4-14,16,18,21,25,31H,3,15,17,19-20,22H2,1-2H3,(H,32,34)/p+1/t25-,37?/m1/s1. The lowest BCUT2D eigenvalue weighted by Crippen LogP contribution is -3.02. The fraction of sp³-hybridized carbons (Fsp3) is 0.300. The summed E-state index contributed by atoms with van der Waals surface area (Å²) in [5.74, 6) is 1.37. The van der Waals surface area contributed by atoms with Crippen LogP contribution in [0.5, 0.6) is 5.75 Å². The van der Waals surface area contributed by atoms with Gasteiger partial charge in [0.05, 0.1) is 24.0 Å². The molecule has 2 unspecified atom stereocenters. The molecule has 3 aromatic rings. The fourth-order valence-electron chi connectivity index (χ4n) is 4.58. The summed E-state index contributed by atoms with van der Waals surface area (Å²) in [5.41, 5.74) is 4.72. The van der Waals surface area contributed by atoms with Gasteiger partial charge in [0.2, 0.25) is 11.0 Å². The number of quaternary nitrogens is 1. The van der Waals surface area contributed by atoms with Gasteiger partial charge in [0.1, 0.15) is 11.9 Å². The molecule has 194 valence electrons. The van der Waals surface area contributed by atoms with Crippen LogP contribution >= 0.6 is 0 Å². The molecule has 0 aromatic heterocycles. The molecule has 7 heteroatoms. The predicted molar refractivity (Wildman–Crippen MR) is 150 cm³/mol. The topological polar surface area (TPSA) is 71.9 Å². The van der Waals surface area contributed by atoms with E-state index in [0.717, 1.165) is 59.2 Å². The number of hydrogen-bond acceptors (Lipinski definition) is 4. The average Bonchev–Trinajstić information content (AvgIpc) is 3.36. The molecule has 1 aliphatic heterocycles. The summed E-state index contributed by atoms with van der Waals surface area (Å²) < 4.78 is 18.8. The first-order chi connectivity index (χ1) is 18.1. The highest BCUT2D eigenvalue weighted by Crippen LogP contribution is 2.23. The number of amides is 1. The van der Waals surface area contributed by atoms with E-state index >= 15 is 0 Å². The largest absolute Gasteiger partial charge is 0.497 e. The van der Waals surface area contributed by atoms with Crippen LogP contribution in [0.2, 0.25) is 0 Å². The van der Waals surface area contributed by atoms with Crippen molar-refractivity contribution >= 4 is 28.7 Å². The Kier molecular flexibility index (Phi) is 9.65. The predicted octanol–water partition coefficient (Wildman–Crippen LogP) is 3.79. The second-order valence-electron chi connectivity index (χ2n) is 9.19. The molecule has 0 spiro atoms. The maximum Gasteiger partial charge on any atom is 0.252 e. The average molecular weight is 519 g/mol. The molecule has 0 saturated carbocycles. The lowest BCUT2D eigenvalue weighted by Gasteiger charge is -2.20. The Balaban J connectivity index is 1.43. The number of benzene rings is 3. The van der Waals surface area contributed by atoms with E-state index < -0.39 is 11.0 Å². The van der Waals surface area contributed by atoms with E-state index in [-0.39, 0.29) is 11.9 Å². The highest BCUT2D eigenvalue weighted by Gasteiger charge is 2.29. The minimum absolute atomic E-state index is 0.0355. The van der Waals surface area contributed by atoms with Gasteiger partial charge in [-0.1, -0.05) is 55.5 Å². The van der Waals surface area contributed by atoms with Crippen molar-refractivity contribution in [3.63, 3.8) is 0 Å². The van der Waals surface area contributed by atoms with E-state index in [2.05, 4.69) is 28.8 Å². The third-order valence-corrected chi connectivity index (χ3v) is 8.07. The maximum atomic E-state index is 13.5. The zero-order chi connectivity index (χ0) is 26.0. The Labute approximate surface area is 222 Å². The number of rotatable bonds is 13. The summed E-state index contributed by atoms with van der Waals surface area (Å²) in [6.45, 7) is 3.52. The van der Waals surface area contributed by atoms with Crippen LogP contribution < -0.4 is 19.7 Å². The number of carbonyl (C=O) groups excluding carboxylic acids is 1. The van der Waals surface area contributed by atoms with Crippen LogP contribution in [0.4, 0.5) is 5.69 Å². The number of fused-ring (bicyclic) bond motifs is 1. The molecular formula is C30H36N3O3S+. The summed E-state index contributed by atoms with van der Waals surface area (Å²) in [6.07, 6.45) is 6.21. The van der Waals surface area contributed by atoms with Crippen LogP contribution in [0.15, 0.2) is 79.0 Å². The monoisotopic (exact) mass is 518 g/mol. The number of hydrogen-bond donors (Lipinski definition) is 3. The summed E-state index contributed by atoms with van der Waals surface area (Å²) in [6, 6.07) is 23.9. The second-order valence-corrected chi connectivity index (χ2v) is 10.7. The van der Waals surface area contributed by atoms with Crippen molar-refractivity contribution in [2.24, 2.45) is 0 Å². The first kappa shape index (κ1) is 26.8. The van der Waals surface area contributed by atoms with E-state index in [1.807, 2.05) is 73.8 Å². The van der Waals surface area contributed by atoms with Crippen LogP contribution in [0, 0.1) is 0 Å². The lowest BCUT2D eigenvalue weighted by molar-refractivity contribution is -0.613. The smallest absolute Gasteiger partial charge is 0.252 e. The minimum Gasteiger partial charge on any atom is -0.497 e. The number of ether oxygens (including phenoxy) is 1. The van der Waals surface area contributed by atoms with Crippen LogP contribution in [-0.4, -0.2) is 35.6 Å². The molecular weight excluding hydrogens is 482 g/mol. The normalized spacial score (nSPS) is 15.7. The molecule has 4 rings (SSSR count). The highest BCUT2D eigenvalue weighted by molar-refractivity contribution is 7.78. The van der Waals surface area contributed by atoms with Crippen molar-refractivity contribution in [1.82, 2.24) is 10.6 Å². The van der Waals surface area contributed by atoms with Crippen LogP contribution in [-0.2, 0) is 24.0 Å². The van der Waals surface area contributed by atoms with Crippen LogP contribution in [0.3, 0.4) is 0 Å². The van der Waals surface area contributed by atoms with Gasteiger partial charge in [0.25, 0.3) is 5.91 Å². The molecule has 0 saturated heterocycles. The van der Waals surface area contributed by atoms with E-state index in [1.165, 1.54) is 5.56 Å². The molecule has 0 aliphatic carbocycles. The molecule has 0 fully saturated rings. The highest BCUT2D eigenvalue weighted by atomic mass is 32.2. The molecule has 6 nitrogen and oxygen atoms in total. The van der Waals surface area contributed by atoms with Gasteiger partial charge in [0.15, 0.2) is 5.69 Å². The summed E-state index contributed by atoms with van der Waals surface area (Å²) >= 11 is 0. The van der Waals surface area contributed by atoms with Crippen molar-refractivity contribution in [2.75, 3.05) is 19.4 Å². The Morgan fingerprint density at radius 2 is 1.81 bits per heavy atom. The van der Waals surface area contributed by atoms with E-state index in [0.29, 0.717) is 11.3 Å². The maximum absolute atomic E-state index is 13.5.